The summed E-state index contributed by atoms with van der Waals surface area (Å²) < 4.78 is 11.0. The van der Waals surface area contributed by atoms with Crippen LogP contribution >= 0.6 is 0 Å². The Morgan fingerprint density at radius 2 is 1.83 bits per heavy atom. The molecule has 0 spiro atoms. The molecule has 2 aromatic carbocycles. The number of rotatable bonds is 10. The molecule has 0 bridgehead atoms. The molecule has 0 heterocycles. The lowest BCUT2D eigenvalue weighted by molar-refractivity contribution is -0.394. The molecule has 2 aromatic rings. The van der Waals surface area contributed by atoms with Gasteiger partial charge in [0.05, 0.1) is 29.6 Å². The van der Waals surface area contributed by atoms with Crippen molar-refractivity contribution in [1.82, 2.24) is 5.32 Å². The topological polar surface area (TPSA) is 134 Å². The van der Waals surface area contributed by atoms with Crippen molar-refractivity contribution < 1.29 is 24.1 Å². The van der Waals surface area contributed by atoms with Gasteiger partial charge in [-0.25, -0.2) is 0 Å². The number of hydrogen-bond donors (Lipinski definition) is 1. The van der Waals surface area contributed by atoms with Gasteiger partial charge in [-0.1, -0.05) is 19.4 Å². The van der Waals surface area contributed by atoms with Crippen LogP contribution in [-0.2, 0) is 6.54 Å². The minimum atomic E-state index is -0.826. The molecule has 0 aliphatic heterocycles. The molecule has 0 fully saturated rings. The van der Waals surface area contributed by atoms with Crippen molar-refractivity contribution in [1.29, 1.82) is 0 Å². The van der Waals surface area contributed by atoms with Gasteiger partial charge in [-0.05, 0) is 30.2 Å². The minimum Gasteiger partial charge on any atom is -0.493 e. The highest BCUT2D eigenvalue weighted by atomic mass is 16.6. The first-order valence-electron chi connectivity index (χ1n) is 8.88. The SMILES string of the molecule is CCCCOc1ccc(CNC(=O)c2ccc([N+](=O)[O-])cc2[N+](=O)[O-])cc1OC. The summed E-state index contributed by atoms with van der Waals surface area (Å²) >= 11 is 0. The highest BCUT2D eigenvalue weighted by Gasteiger charge is 2.24. The molecule has 0 aromatic heterocycles. The number of methoxy groups -OCH3 is 1. The monoisotopic (exact) mass is 403 g/mol. The zero-order valence-corrected chi connectivity index (χ0v) is 16.0. The Morgan fingerprint density at radius 1 is 1.07 bits per heavy atom. The molecular weight excluding hydrogens is 382 g/mol. The molecule has 0 unspecified atom stereocenters. The highest BCUT2D eigenvalue weighted by Crippen LogP contribution is 2.29. The zero-order chi connectivity index (χ0) is 21.4. The van der Waals surface area contributed by atoms with E-state index in [4.69, 9.17) is 9.47 Å². The van der Waals surface area contributed by atoms with Crippen molar-refractivity contribution in [2.75, 3.05) is 13.7 Å². The molecule has 29 heavy (non-hydrogen) atoms. The Morgan fingerprint density at radius 3 is 2.45 bits per heavy atom. The second-order valence-electron chi connectivity index (χ2n) is 6.09. The van der Waals surface area contributed by atoms with E-state index in [0.717, 1.165) is 31.0 Å². The van der Waals surface area contributed by atoms with E-state index in [1.165, 1.54) is 7.11 Å². The first-order valence-corrected chi connectivity index (χ1v) is 8.88. The van der Waals surface area contributed by atoms with Crippen LogP contribution < -0.4 is 14.8 Å². The van der Waals surface area contributed by atoms with Gasteiger partial charge in [-0.3, -0.25) is 25.0 Å². The van der Waals surface area contributed by atoms with E-state index in [-0.39, 0.29) is 12.1 Å². The van der Waals surface area contributed by atoms with Gasteiger partial charge in [0.15, 0.2) is 11.5 Å². The molecule has 1 amide bonds. The second-order valence-corrected chi connectivity index (χ2v) is 6.09. The fraction of sp³-hybridized carbons (Fsp3) is 0.316. The smallest absolute Gasteiger partial charge is 0.289 e. The third-order valence-corrected chi connectivity index (χ3v) is 4.07. The van der Waals surface area contributed by atoms with E-state index in [1.807, 2.05) is 0 Å². The number of carbonyl (C=O) groups excluding carboxylic acids is 1. The van der Waals surface area contributed by atoms with Gasteiger partial charge < -0.3 is 14.8 Å². The normalized spacial score (nSPS) is 10.3. The number of hydrogen-bond acceptors (Lipinski definition) is 7. The number of non-ortho nitro benzene ring substituents is 1. The van der Waals surface area contributed by atoms with Crippen LogP contribution in [0.5, 0.6) is 11.5 Å². The van der Waals surface area contributed by atoms with Crippen molar-refractivity contribution in [2.45, 2.75) is 26.3 Å². The first-order chi connectivity index (χ1) is 13.9. The summed E-state index contributed by atoms with van der Waals surface area (Å²) in [5, 5.41) is 24.5. The van der Waals surface area contributed by atoms with Crippen LogP contribution in [0.15, 0.2) is 36.4 Å². The Hall–Kier alpha value is -3.69. The van der Waals surface area contributed by atoms with Crippen molar-refractivity contribution >= 4 is 17.3 Å². The summed E-state index contributed by atoms with van der Waals surface area (Å²) in [5.41, 5.74) is -0.653. The molecule has 0 atom stereocenters. The Bertz CT molecular complexity index is 915. The van der Waals surface area contributed by atoms with Crippen LogP contribution in [0.2, 0.25) is 0 Å². The average molecular weight is 403 g/mol. The Labute approximate surface area is 166 Å². The predicted molar refractivity (Wildman–Crippen MR) is 104 cm³/mol. The van der Waals surface area contributed by atoms with E-state index in [0.29, 0.717) is 23.7 Å². The Balaban J connectivity index is 2.12. The van der Waals surface area contributed by atoms with E-state index in [1.54, 1.807) is 18.2 Å². The lowest BCUT2D eigenvalue weighted by Crippen LogP contribution is -2.23. The summed E-state index contributed by atoms with van der Waals surface area (Å²) in [6.07, 6.45) is 1.91. The van der Waals surface area contributed by atoms with E-state index in [9.17, 15) is 25.0 Å². The van der Waals surface area contributed by atoms with Gasteiger partial charge in [-0.2, -0.15) is 0 Å². The number of nitro benzene ring substituents is 2. The fourth-order valence-corrected chi connectivity index (χ4v) is 2.52. The maximum Gasteiger partial charge on any atom is 0.289 e. The number of amides is 1. The van der Waals surface area contributed by atoms with Crippen LogP contribution in [0.1, 0.15) is 35.7 Å². The van der Waals surface area contributed by atoms with Crippen LogP contribution in [0, 0.1) is 20.2 Å². The van der Waals surface area contributed by atoms with Gasteiger partial charge >= 0.3 is 0 Å². The van der Waals surface area contributed by atoms with Crippen LogP contribution in [0.25, 0.3) is 0 Å². The molecule has 0 aliphatic rings. The lowest BCUT2D eigenvalue weighted by atomic mass is 10.1. The van der Waals surface area contributed by atoms with Crippen LogP contribution in [-0.4, -0.2) is 29.5 Å². The molecule has 0 saturated heterocycles. The fourth-order valence-electron chi connectivity index (χ4n) is 2.52. The standard InChI is InChI=1S/C19H21N3O7/c1-3-4-9-29-17-8-5-13(10-18(17)28-2)12-20-19(23)15-7-6-14(21(24)25)11-16(15)22(26)27/h5-8,10-11H,3-4,9,12H2,1-2H3,(H,20,23). The minimum absolute atomic E-state index is 0.0819. The van der Waals surface area contributed by atoms with Gasteiger partial charge in [0.25, 0.3) is 17.3 Å². The third kappa shape index (κ3) is 5.64. The maximum atomic E-state index is 12.4. The molecular formula is C19H21N3O7. The summed E-state index contributed by atoms with van der Waals surface area (Å²) in [7, 11) is 1.50. The molecule has 154 valence electrons. The number of carbonyl (C=O) groups is 1. The maximum absolute atomic E-state index is 12.4. The van der Waals surface area contributed by atoms with Gasteiger partial charge in [0.2, 0.25) is 0 Å². The van der Waals surface area contributed by atoms with Crippen LogP contribution in [0.4, 0.5) is 11.4 Å². The molecule has 10 nitrogen and oxygen atoms in total. The van der Waals surface area contributed by atoms with E-state index in [2.05, 4.69) is 12.2 Å². The van der Waals surface area contributed by atoms with Crippen molar-refractivity contribution in [2.24, 2.45) is 0 Å². The molecule has 0 radical (unpaired) electrons. The number of nitro groups is 2. The number of benzene rings is 2. The number of unbranched alkanes of at least 4 members (excludes halogenated alkanes) is 1. The molecule has 10 heteroatoms. The largest absolute Gasteiger partial charge is 0.493 e. The molecule has 0 saturated carbocycles. The van der Waals surface area contributed by atoms with Crippen molar-refractivity contribution in [3.63, 3.8) is 0 Å². The Kier molecular flexibility index (Phi) is 7.47. The van der Waals surface area contributed by atoms with Gasteiger partial charge in [0.1, 0.15) is 5.56 Å². The molecule has 0 aliphatic carbocycles. The van der Waals surface area contributed by atoms with Crippen LogP contribution in [0.3, 0.4) is 0 Å². The predicted octanol–water partition coefficient (Wildman–Crippen LogP) is 3.62. The second kappa shape index (κ2) is 10.0. The van der Waals surface area contributed by atoms with Gasteiger partial charge in [-0.15, -0.1) is 0 Å². The molecule has 2 rings (SSSR count). The van der Waals surface area contributed by atoms with E-state index < -0.39 is 27.1 Å². The first kappa shape index (κ1) is 21.6. The van der Waals surface area contributed by atoms with E-state index >= 15 is 0 Å². The van der Waals surface area contributed by atoms with Gasteiger partial charge in [0, 0.05) is 12.6 Å². The summed E-state index contributed by atoms with van der Waals surface area (Å²) in [4.78, 5) is 32.8. The third-order valence-electron chi connectivity index (χ3n) is 4.07. The summed E-state index contributed by atoms with van der Waals surface area (Å²) in [5.74, 6) is 0.380. The summed E-state index contributed by atoms with van der Waals surface area (Å²) in [6, 6.07) is 8.05. The number of nitrogens with one attached hydrogen (secondary N) is 1. The quantitative estimate of drug-likeness (QED) is 0.364. The zero-order valence-electron chi connectivity index (χ0n) is 16.0. The molecule has 1 N–H and O–H groups in total. The lowest BCUT2D eigenvalue weighted by Gasteiger charge is -2.12. The average Bonchev–Trinajstić information content (AvgIpc) is 2.72. The van der Waals surface area contributed by atoms with Crippen molar-refractivity contribution in [3.05, 3.63) is 67.8 Å². The number of nitrogens with zero attached hydrogens (tertiary/aromatic N) is 2. The highest BCUT2D eigenvalue weighted by molar-refractivity contribution is 5.98. The number of ether oxygens (including phenoxy) is 2. The summed E-state index contributed by atoms with van der Waals surface area (Å²) in [6.45, 7) is 2.70. The van der Waals surface area contributed by atoms with Crippen molar-refractivity contribution in [3.8, 4) is 11.5 Å².